The molecule has 2 N–H and O–H groups in total. The summed E-state index contributed by atoms with van der Waals surface area (Å²) in [4.78, 5) is 28.8. The van der Waals surface area contributed by atoms with Gasteiger partial charge in [-0.3, -0.25) is 4.90 Å². The van der Waals surface area contributed by atoms with E-state index in [1.54, 1.807) is 0 Å². The minimum Gasteiger partial charge on any atom is -0.475 e. The van der Waals surface area contributed by atoms with Crippen LogP contribution in [0.2, 0.25) is 0 Å². The number of fused-ring (bicyclic) bond motifs is 1. The molecule has 2 aliphatic rings. The van der Waals surface area contributed by atoms with Crippen molar-refractivity contribution in [3.8, 4) is 0 Å². The number of alkyl halides is 6. The lowest BCUT2D eigenvalue weighted by Crippen LogP contribution is -2.50. The molecule has 1 aliphatic heterocycles. The highest BCUT2D eigenvalue weighted by Crippen LogP contribution is 2.36. The molecule has 36 heavy (non-hydrogen) atoms. The minimum atomic E-state index is -5.08. The molecule has 1 aliphatic carbocycles. The van der Waals surface area contributed by atoms with Crippen molar-refractivity contribution in [3.05, 3.63) is 36.9 Å². The van der Waals surface area contributed by atoms with Gasteiger partial charge >= 0.3 is 24.3 Å². The maximum absolute atomic E-state index is 10.6. The predicted octanol–water partition coefficient (Wildman–Crippen LogP) is 2.56. The Kier molecular flexibility index (Phi) is 9.86. The Morgan fingerprint density at radius 2 is 1.67 bits per heavy atom. The van der Waals surface area contributed by atoms with Crippen molar-refractivity contribution in [1.29, 1.82) is 0 Å². The summed E-state index contributed by atoms with van der Waals surface area (Å²) in [6.45, 7) is 3.84. The Hall–Kier alpha value is -3.14. The number of imidazole rings is 2. The van der Waals surface area contributed by atoms with E-state index in [0.717, 1.165) is 26.2 Å². The molecule has 4 rings (SSSR count). The second-order valence-corrected chi connectivity index (χ2v) is 8.07. The molecule has 3 heterocycles. The first kappa shape index (κ1) is 29.1. The van der Waals surface area contributed by atoms with Gasteiger partial charge in [-0.25, -0.2) is 19.6 Å². The molecule has 16 heteroatoms. The summed E-state index contributed by atoms with van der Waals surface area (Å²) in [6.07, 6.45) is 2.30. The molecule has 0 spiro atoms. The number of hydrogen-bond acceptors (Lipinski definition) is 6. The van der Waals surface area contributed by atoms with Crippen LogP contribution < -0.4 is 0 Å². The van der Waals surface area contributed by atoms with E-state index in [1.165, 1.54) is 18.5 Å². The third kappa shape index (κ3) is 8.51. The van der Waals surface area contributed by atoms with E-state index >= 15 is 0 Å². The quantitative estimate of drug-likeness (QED) is 0.580. The lowest BCUT2D eigenvalue weighted by molar-refractivity contribution is -0.193. The van der Waals surface area contributed by atoms with Gasteiger partial charge in [0, 0.05) is 57.2 Å². The summed E-state index contributed by atoms with van der Waals surface area (Å²) in [5.41, 5.74) is 1.28. The van der Waals surface area contributed by atoms with Crippen LogP contribution in [0.4, 0.5) is 26.3 Å². The number of ether oxygens (including phenoxy) is 1. The first-order valence-electron chi connectivity index (χ1n) is 10.6. The van der Waals surface area contributed by atoms with Gasteiger partial charge in [0.2, 0.25) is 0 Å². The van der Waals surface area contributed by atoms with Gasteiger partial charge in [-0.05, 0) is 12.8 Å². The summed E-state index contributed by atoms with van der Waals surface area (Å²) in [5.74, 6) is -4.92. The van der Waals surface area contributed by atoms with Crippen LogP contribution in [0.25, 0.3) is 0 Å². The van der Waals surface area contributed by atoms with Gasteiger partial charge in [-0.15, -0.1) is 0 Å². The standard InChI is InChI=1S/C16H23N5O.2C2HF3O2/c1-19-11-18-8-14(19)10-21-6-7-22-16-13(2-3-15(16)21)9-20-5-4-17-12-20;2*3-2(4,5)1(6)7/h4-5,8,11-13,15-16H,2-3,6-7,9-10H2,1H3;2*(H,6,7). The van der Waals surface area contributed by atoms with Gasteiger partial charge in [-0.2, -0.15) is 26.3 Å². The van der Waals surface area contributed by atoms with E-state index in [9.17, 15) is 26.3 Å². The highest BCUT2D eigenvalue weighted by molar-refractivity contribution is 5.73. The molecule has 2 aromatic heterocycles. The molecular formula is C20H25F6N5O5. The van der Waals surface area contributed by atoms with Crippen molar-refractivity contribution in [3.63, 3.8) is 0 Å². The lowest BCUT2D eigenvalue weighted by atomic mass is 10.0. The van der Waals surface area contributed by atoms with Crippen molar-refractivity contribution in [2.24, 2.45) is 13.0 Å². The van der Waals surface area contributed by atoms with Crippen LogP contribution in [0.15, 0.2) is 31.2 Å². The zero-order chi connectivity index (χ0) is 27.1. The van der Waals surface area contributed by atoms with Gasteiger partial charge in [-0.1, -0.05) is 0 Å². The van der Waals surface area contributed by atoms with Gasteiger partial charge in [0.05, 0.1) is 31.1 Å². The number of rotatable bonds is 4. The maximum atomic E-state index is 10.6. The zero-order valence-corrected chi connectivity index (χ0v) is 19.0. The van der Waals surface area contributed by atoms with Crippen LogP contribution in [0.1, 0.15) is 18.5 Å². The highest BCUT2D eigenvalue weighted by atomic mass is 19.4. The molecule has 3 unspecified atom stereocenters. The fourth-order valence-electron chi connectivity index (χ4n) is 3.94. The number of morpholine rings is 1. The van der Waals surface area contributed by atoms with E-state index in [2.05, 4.69) is 31.0 Å². The SMILES string of the molecule is Cn1cncc1CN1CCOC2C(Cn3ccnc3)CCC21.O=C(O)C(F)(F)F.O=C(O)C(F)(F)F. The van der Waals surface area contributed by atoms with E-state index < -0.39 is 24.3 Å². The predicted molar refractivity (Wildman–Crippen MR) is 109 cm³/mol. The number of nitrogens with zero attached hydrogens (tertiary/aromatic N) is 5. The van der Waals surface area contributed by atoms with Crippen molar-refractivity contribution < 1.29 is 50.9 Å². The Labute approximate surface area is 201 Å². The van der Waals surface area contributed by atoms with Gasteiger partial charge < -0.3 is 24.1 Å². The van der Waals surface area contributed by atoms with E-state index in [1.807, 2.05) is 31.2 Å². The number of carboxylic acid groups (broad SMARTS) is 2. The van der Waals surface area contributed by atoms with Crippen LogP contribution in [0.3, 0.4) is 0 Å². The first-order valence-corrected chi connectivity index (χ1v) is 10.6. The summed E-state index contributed by atoms with van der Waals surface area (Å²) >= 11 is 0. The number of aromatic nitrogens is 4. The molecule has 10 nitrogen and oxygen atoms in total. The molecule has 0 radical (unpaired) electrons. The summed E-state index contributed by atoms with van der Waals surface area (Å²) in [5, 5.41) is 14.2. The topological polar surface area (TPSA) is 123 Å². The third-order valence-electron chi connectivity index (χ3n) is 5.61. The molecule has 2 aromatic rings. The van der Waals surface area contributed by atoms with Crippen LogP contribution in [0, 0.1) is 5.92 Å². The van der Waals surface area contributed by atoms with Gasteiger partial charge in [0.25, 0.3) is 0 Å². The van der Waals surface area contributed by atoms with Crippen LogP contribution in [0.5, 0.6) is 0 Å². The molecule has 2 fully saturated rings. The molecule has 1 saturated carbocycles. The van der Waals surface area contributed by atoms with E-state index in [-0.39, 0.29) is 0 Å². The number of carboxylic acids is 2. The fourth-order valence-corrected chi connectivity index (χ4v) is 3.94. The molecule has 3 atom stereocenters. The molecular weight excluding hydrogens is 504 g/mol. The average Bonchev–Trinajstić information content (AvgIpc) is 3.52. The largest absolute Gasteiger partial charge is 0.490 e. The van der Waals surface area contributed by atoms with Crippen LogP contribution >= 0.6 is 0 Å². The van der Waals surface area contributed by atoms with Gasteiger partial charge in [0.15, 0.2) is 0 Å². The Morgan fingerprint density at radius 1 is 1.06 bits per heavy atom. The normalized spacial score (nSPS) is 22.0. The zero-order valence-electron chi connectivity index (χ0n) is 19.0. The summed E-state index contributed by atoms with van der Waals surface area (Å²) in [7, 11) is 2.07. The van der Waals surface area contributed by atoms with Crippen molar-refractivity contribution in [2.45, 2.75) is 50.4 Å². The van der Waals surface area contributed by atoms with Gasteiger partial charge in [0.1, 0.15) is 0 Å². The van der Waals surface area contributed by atoms with Crippen LogP contribution in [-0.4, -0.2) is 83.8 Å². The number of aliphatic carboxylic acids is 2. The van der Waals surface area contributed by atoms with Crippen LogP contribution in [-0.2, 0) is 34.5 Å². The number of carbonyl (C=O) groups is 2. The molecule has 0 aromatic carbocycles. The van der Waals surface area contributed by atoms with E-state index in [4.69, 9.17) is 24.5 Å². The fraction of sp³-hybridized carbons (Fsp3) is 0.600. The number of halogens is 6. The minimum absolute atomic E-state index is 0.351. The number of hydrogen-bond donors (Lipinski definition) is 2. The second-order valence-electron chi connectivity index (χ2n) is 8.07. The summed E-state index contributed by atoms with van der Waals surface area (Å²) < 4.78 is 73.9. The lowest BCUT2D eigenvalue weighted by Gasteiger charge is -2.39. The second kappa shape index (κ2) is 12.2. The molecule has 0 amide bonds. The highest BCUT2D eigenvalue weighted by Gasteiger charge is 2.42. The molecule has 0 bridgehead atoms. The Morgan fingerprint density at radius 3 is 2.14 bits per heavy atom. The Bertz CT molecular complexity index is 955. The summed E-state index contributed by atoms with van der Waals surface area (Å²) in [6, 6.07) is 0.539. The van der Waals surface area contributed by atoms with Crippen molar-refractivity contribution in [2.75, 3.05) is 13.2 Å². The average molecular weight is 529 g/mol. The monoisotopic (exact) mass is 529 g/mol. The number of aryl methyl sites for hydroxylation is 1. The third-order valence-corrected chi connectivity index (χ3v) is 5.61. The van der Waals surface area contributed by atoms with Crippen molar-refractivity contribution in [1.82, 2.24) is 24.0 Å². The molecule has 1 saturated heterocycles. The maximum Gasteiger partial charge on any atom is 0.490 e. The molecule has 202 valence electrons. The Balaban J connectivity index is 0.000000271. The smallest absolute Gasteiger partial charge is 0.475 e. The first-order chi connectivity index (χ1) is 16.7. The van der Waals surface area contributed by atoms with Crippen molar-refractivity contribution >= 4 is 11.9 Å². The van der Waals surface area contributed by atoms with E-state index in [0.29, 0.717) is 18.1 Å².